The van der Waals surface area contributed by atoms with Crippen LogP contribution in [0, 0.1) is 0 Å². The Bertz CT molecular complexity index is 402. The summed E-state index contributed by atoms with van der Waals surface area (Å²) in [5.74, 6) is -0.123. The molecule has 0 saturated carbocycles. The van der Waals surface area contributed by atoms with Gasteiger partial charge in [-0.2, -0.15) is 0 Å². The van der Waals surface area contributed by atoms with Gasteiger partial charge in [0.25, 0.3) is 5.91 Å². The van der Waals surface area contributed by atoms with Crippen LogP contribution in [0.2, 0.25) is 0 Å². The molecule has 100 valence electrons. The maximum absolute atomic E-state index is 12.0. The average Bonchev–Trinajstić information content (AvgIpc) is 2.36. The fourth-order valence-electron chi connectivity index (χ4n) is 1.39. The summed E-state index contributed by atoms with van der Waals surface area (Å²) in [5, 5.41) is 6.22. The number of hydrogen-bond acceptors (Lipinski definition) is 3. The van der Waals surface area contributed by atoms with Gasteiger partial charge >= 0.3 is 0 Å². The largest absolute Gasteiger partial charge is 0.385 e. The summed E-state index contributed by atoms with van der Waals surface area (Å²) in [6.45, 7) is 9.05. The molecule has 0 aliphatic carbocycles. The Morgan fingerprint density at radius 3 is 2.72 bits per heavy atom. The zero-order chi connectivity index (χ0) is 13.6. The van der Waals surface area contributed by atoms with Crippen LogP contribution in [0.5, 0.6) is 0 Å². The number of rotatable bonds is 6. The van der Waals surface area contributed by atoms with Gasteiger partial charge in [0.2, 0.25) is 0 Å². The van der Waals surface area contributed by atoms with Crippen LogP contribution >= 0.6 is 0 Å². The van der Waals surface area contributed by atoms with Gasteiger partial charge < -0.3 is 10.6 Å². The van der Waals surface area contributed by atoms with Crippen molar-refractivity contribution in [1.29, 1.82) is 0 Å². The second-order valence-corrected chi connectivity index (χ2v) is 5.05. The molecular weight excluding hydrogens is 226 g/mol. The van der Waals surface area contributed by atoms with Crippen molar-refractivity contribution in [1.82, 2.24) is 10.3 Å². The summed E-state index contributed by atoms with van der Waals surface area (Å²) in [4.78, 5) is 16.2. The molecule has 0 bridgehead atoms. The highest BCUT2D eigenvalue weighted by molar-refractivity contribution is 5.93. The quantitative estimate of drug-likeness (QED) is 0.815. The topological polar surface area (TPSA) is 54.0 Å². The molecule has 1 rings (SSSR count). The lowest BCUT2D eigenvalue weighted by molar-refractivity contribution is 0.0906. The fourth-order valence-corrected chi connectivity index (χ4v) is 1.39. The van der Waals surface area contributed by atoms with E-state index in [1.165, 1.54) is 0 Å². The third-order valence-electron chi connectivity index (χ3n) is 2.91. The molecule has 4 nitrogen and oxygen atoms in total. The minimum Gasteiger partial charge on any atom is -0.385 e. The number of pyridine rings is 1. The van der Waals surface area contributed by atoms with Crippen LogP contribution in [0.25, 0.3) is 0 Å². The van der Waals surface area contributed by atoms with E-state index in [-0.39, 0.29) is 11.4 Å². The second kappa shape index (κ2) is 6.38. The van der Waals surface area contributed by atoms with Gasteiger partial charge in [0.15, 0.2) is 0 Å². The van der Waals surface area contributed by atoms with Gasteiger partial charge in [-0.25, -0.2) is 0 Å². The molecular formula is C14H23N3O. The Balaban J connectivity index is 2.74. The number of nitrogens with one attached hydrogen (secondary N) is 2. The van der Waals surface area contributed by atoms with E-state index < -0.39 is 0 Å². The summed E-state index contributed by atoms with van der Waals surface area (Å²) < 4.78 is 0. The monoisotopic (exact) mass is 249 g/mol. The lowest BCUT2D eigenvalue weighted by Crippen LogP contribution is -2.43. The molecule has 0 radical (unpaired) electrons. The van der Waals surface area contributed by atoms with E-state index in [0.717, 1.165) is 25.1 Å². The Morgan fingerprint density at radius 2 is 2.11 bits per heavy atom. The molecule has 0 aliphatic heterocycles. The van der Waals surface area contributed by atoms with Crippen molar-refractivity contribution in [3.63, 3.8) is 0 Å². The molecule has 18 heavy (non-hydrogen) atoms. The number of anilines is 1. The SMILES string of the molecule is CCCNc1ccnc(C(=O)NC(C)(C)CC)c1. The number of aromatic nitrogens is 1. The van der Waals surface area contributed by atoms with Gasteiger partial charge in [0.05, 0.1) is 0 Å². The van der Waals surface area contributed by atoms with Crippen LogP contribution < -0.4 is 10.6 Å². The molecule has 2 N–H and O–H groups in total. The standard InChI is InChI=1S/C14H23N3O/c1-5-8-15-11-7-9-16-12(10-11)13(18)17-14(3,4)6-2/h7,9-10H,5-6,8H2,1-4H3,(H,15,16)(H,17,18). The number of amides is 1. The lowest BCUT2D eigenvalue weighted by atomic mass is 10.0. The van der Waals surface area contributed by atoms with Gasteiger partial charge in [-0.1, -0.05) is 13.8 Å². The number of nitrogens with zero attached hydrogens (tertiary/aromatic N) is 1. The smallest absolute Gasteiger partial charge is 0.270 e. The number of hydrogen-bond donors (Lipinski definition) is 2. The van der Waals surface area contributed by atoms with Gasteiger partial charge in [-0.3, -0.25) is 9.78 Å². The molecule has 0 spiro atoms. The summed E-state index contributed by atoms with van der Waals surface area (Å²) in [7, 11) is 0. The van der Waals surface area contributed by atoms with E-state index in [1.807, 2.05) is 26.8 Å². The zero-order valence-corrected chi connectivity index (χ0v) is 11.7. The van der Waals surface area contributed by atoms with Crippen molar-refractivity contribution < 1.29 is 4.79 Å². The van der Waals surface area contributed by atoms with Crippen molar-refractivity contribution >= 4 is 11.6 Å². The summed E-state index contributed by atoms with van der Waals surface area (Å²) in [6.07, 6.45) is 3.59. The van der Waals surface area contributed by atoms with Gasteiger partial charge in [0, 0.05) is 24.0 Å². The van der Waals surface area contributed by atoms with Crippen molar-refractivity contribution in [2.75, 3.05) is 11.9 Å². The molecule has 0 saturated heterocycles. The van der Waals surface area contributed by atoms with Crippen LogP contribution in [0.3, 0.4) is 0 Å². The average molecular weight is 249 g/mol. The van der Waals surface area contributed by atoms with Crippen molar-refractivity contribution in [3.8, 4) is 0 Å². The first-order chi connectivity index (χ1) is 8.48. The molecule has 0 fully saturated rings. The third-order valence-corrected chi connectivity index (χ3v) is 2.91. The molecule has 4 heteroatoms. The van der Waals surface area contributed by atoms with Gasteiger partial charge in [0.1, 0.15) is 5.69 Å². The summed E-state index contributed by atoms with van der Waals surface area (Å²) in [5.41, 5.74) is 1.19. The molecule has 1 aromatic rings. The highest BCUT2D eigenvalue weighted by Gasteiger charge is 2.19. The first-order valence-electron chi connectivity index (χ1n) is 6.51. The highest BCUT2D eigenvalue weighted by atomic mass is 16.2. The molecule has 1 heterocycles. The van der Waals surface area contributed by atoms with Crippen molar-refractivity contribution in [2.24, 2.45) is 0 Å². The number of carbonyl (C=O) groups is 1. The first kappa shape index (κ1) is 14.5. The number of carbonyl (C=O) groups excluding carboxylic acids is 1. The lowest BCUT2D eigenvalue weighted by Gasteiger charge is -2.24. The van der Waals surface area contributed by atoms with Crippen molar-refractivity contribution in [3.05, 3.63) is 24.0 Å². The van der Waals surface area contributed by atoms with E-state index in [1.54, 1.807) is 12.3 Å². The molecule has 1 amide bonds. The van der Waals surface area contributed by atoms with Crippen LogP contribution in [-0.2, 0) is 0 Å². The van der Waals surface area contributed by atoms with Gasteiger partial charge in [-0.15, -0.1) is 0 Å². The van der Waals surface area contributed by atoms with Crippen LogP contribution in [-0.4, -0.2) is 23.0 Å². The first-order valence-corrected chi connectivity index (χ1v) is 6.51. The van der Waals surface area contributed by atoms with E-state index in [2.05, 4.69) is 22.5 Å². The summed E-state index contributed by atoms with van der Waals surface area (Å²) in [6, 6.07) is 3.66. The second-order valence-electron chi connectivity index (χ2n) is 5.05. The fraction of sp³-hybridized carbons (Fsp3) is 0.571. The van der Waals surface area contributed by atoms with Crippen LogP contribution in [0.15, 0.2) is 18.3 Å². The highest BCUT2D eigenvalue weighted by Crippen LogP contribution is 2.11. The molecule has 0 aliphatic rings. The van der Waals surface area contributed by atoms with Gasteiger partial charge in [-0.05, 0) is 38.8 Å². The van der Waals surface area contributed by atoms with E-state index in [4.69, 9.17) is 0 Å². The Hall–Kier alpha value is -1.58. The van der Waals surface area contributed by atoms with Crippen LogP contribution in [0.4, 0.5) is 5.69 Å². The van der Waals surface area contributed by atoms with E-state index >= 15 is 0 Å². The maximum Gasteiger partial charge on any atom is 0.270 e. The molecule has 1 aromatic heterocycles. The Kier molecular flexibility index (Phi) is 5.13. The predicted octanol–water partition coefficient (Wildman–Crippen LogP) is 2.82. The molecule has 0 unspecified atom stereocenters. The van der Waals surface area contributed by atoms with E-state index in [0.29, 0.717) is 5.69 Å². The Labute approximate surface area is 109 Å². The minimum atomic E-state index is -0.203. The van der Waals surface area contributed by atoms with Crippen molar-refractivity contribution in [2.45, 2.75) is 46.1 Å². The molecule has 0 atom stereocenters. The Morgan fingerprint density at radius 1 is 1.39 bits per heavy atom. The predicted molar refractivity (Wildman–Crippen MR) is 74.9 cm³/mol. The normalized spacial score (nSPS) is 11.1. The zero-order valence-electron chi connectivity index (χ0n) is 11.7. The van der Waals surface area contributed by atoms with Crippen LogP contribution in [0.1, 0.15) is 51.0 Å². The summed E-state index contributed by atoms with van der Waals surface area (Å²) >= 11 is 0. The minimum absolute atomic E-state index is 0.123. The molecule has 0 aromatic carbocycles. The maximum atomic E-state index is 12.0. The third kappa shape index (κ3) is 4.35. The van der Waals surface area contributed by atoms with E-state index in [9.17, 15) is 4.79 Å².